The van der Waals surface area contributed by atoms with E-state index in [1.54, 1.807) is 18.2 Å². The number of carbonyl (C=O) groups is 1. The Labute approximate surface area is 195 Å². The number of hydrogen-bond acceptors (Lipinski definition) is 5. The number of esters is 1. The fourth-order valence-corrected chi connectivity index (χ4v) is 6.03. The molecule has 2 aliphatic carbocycles. The largest absolute Gasteiger partial charge is 0.493 e. The van der Waals surface area contributed by atoms with Crippen molar-refractivity contribution in [2.45, 2.75) is 43.3 Å². The normalized spacial score (nSPS) is 25.7. The smallest absolute Gasteiger partial charge is 0.337 e. The number of nitrogens with zero attached hydrogens (tertiary/aromatic N) is 1. The van der Waals surface area contributed by atoms with Gasteiger partial charge in [0.05, 0.1) is 36.4 Å². The van der Waals surface area contributed by atoms with E-state index in [0.717, 1.165) is 35.0 Å². The van der Waals surface area contributed by atoms with Crippen molar-refractivity contribution in [2.75, 3.05) is 13.7 Å². The molecule has 0 saturated heterocycles. The van der Waals surface area contributed by atoms with Gasteiger partial charge in [-0.05, 0) is 61.1 Å². The Morgan fingerprint density at radius 3 is 2.82 bits per heavy atom. The van der Waals surface area contributed by atoms with Gasteiger partial charge in [0.25, 0.3) is 0 Å². The van der Waals surface area contributed by atoms with Crippen molar-refractivity contribution < 1.29 is 18.7 Å². The molecule has 0 amide bonds. The quantitative estimate of drug-likeness (QED) is 0.554. The Morgan fingerprint density at radius 1 is 1.30 bits per heavy atom. The van der Waals surface area contributed by atoms with Crippen LogP contribution in [0.3, 0.4) is 0 Å². The summed E-state index contributed by atoms with van der Waals surface area (Å²) in [6.45, 7) is 1.18. The first-order chi connectivity index (χ1) is 15.8. The van der Waals surface area contributed by atoms with Crippen molar-refractivity contribution >= 4 is 28.5 Å². The minimum absolute atomic E-state index is 0.104. The van der Waals surface area contributed by atoms with Crippen LogP contribution in [0.5, 0.6) is 5.75 Å². The average molecular weight is 470 g/mol. The summed E-state index contributed by atoms with van der Waals surface area (Å²) in [5, 5.41) is 0.945. The molecule has 6 nitrogen and oxygen atoms in total. The zero-order valence-electron chi connectivity index (χ0n) is 18.2. The molecule has 4 N–H and O–H groups in total. The molecule has 2 unspecified atom stereocenters. The van der Waals surface area contributed by atoms with Gasteiger partial charge in [-0.25, -0.2) is 9.18 Å². The number of rotatable bonds is 4. The summed E-state index contributed by atoms with van der Waals surface area (Å²) in [5.41, 5.74) is 16.8. The number of fused-ring (bicyclic) bond motifs is 1. The molecule has 0 radical (unpaired) electrons. The fourth-order valence-electron chi connectivity index (χ4n) is 5.75. The Morgan fingerprint density at radius 2 is 2.09 bits per heavy atom. The molecule has 33 heavy (non-hydrogen) atoms. The summed E-state index contributed by atoms with van der Waals surface area (Å²) in [6, 6.07) is 8.02. The number of aromatic nitrogens is 1. The van der Waals surface area contributed by atoms with E-state index < -0.39 is 23.4 Å². The maximum atomic E-state index is 14.5. The molecule has 172 valence electrons. The van der Waals surface area contributed by atoms with Crippen molar-refractivity contribution in [2.24, 2.45) is 17.4 Å². The lowest BCUT2D eigenvalue weighted by Crippen LogP contribution is -2.49. The molecule has 1 aliphatic heterocycles. The summed E-state index contributed by atoms with van der Waals surface area (Å²) >= 11 is 6.46. The second-order valence-electron chi connectivity index (χ2n) is 9.45. The lowest BCUT2D eigenvalue weighted by atomic mass is 9.77. The molecule has 1 saturated carbocycles. The first kappa shape index (κ1) is 21.0. The van der Waals surface area contributed by atoms with Gasteiger partial charge in [-0.1, -0.05) is 11.6 Å². The van der Waals surface area contributed by atoms with Gasteiger partial charge in [0.15, 0.2) is 0 Å². The summed E-state index contributed by atoms with van der Waals surface area (Å²) < 4.78 is 27.4. The van der Waals surface area contributed by atoms with Crippen LogP contribution < -0.4 is 16.2 Å². The Balaban J connectivity index is 1.58. The van der Waals surface area contributed by atoms with Gasteiger partial charge < -0.3 is 25.5 Å². The molecule has 1 aromatic heterocycles. The molecule has 1 fully saturated rings. The predicted octanol–water partition coefficient (Wildman–Crippen LogP) is 4.36. The van der Waals surface area contributed by atoms with E-state index in [-0.39, 0.29) is 10.9 Å². The number of hydrogen-bond donors (Lipinski definition) is 2. The highest BCUT2D eigenvalue weighted by Crippen LogP contribution is 2.58. The van der Waals surface area contributed by atoms with Crippen LogP contribution in [0.2, 0.25) is 5.02 Å². The monoisotopic (exact) mass is 469 g/mol. The van der Waals surface area contributed by atoms with E-state index in [1.807, 2.05) is 6.07 Å². The molecule has 3 aliphatic rings. The van der Waals surface area contributed by atoms with Crippen molar-refractivity contribution in [3.8, 4) is 5.75 Å². The number of methoxy groups -OCH3 is 1. The van der Waals surface area contributed by atoms with Crippen molar-refractivity contribution in [3.05, 3.63) is 63.6 Å². The van der Waals surface area contributed by atoms with Crippen LogP contribution in [-0.4, -0.2) is 24.3 Å². The molecule has 0 bridgehead atoms. The summed E-state index contributed by atoms with van der Waals surface area (Å²) in [4.78, 5) is 12.3. The minimum Gasteiger partial charge on any atom is -0.493 e. The van der Waals surface area contributed by atoms with Gasteiger partial charge in [-0.3, -0.25) is 0 Å². The lowest BCUT2D eigenvalue weighted by Gasteiger charge is -2.38. The van der Waals surface area contributed by atoms with Crippen molar-refractivity contribution in [1.29, 1.82) is 0 Å². The highest BCUT2D eigenvalue weighted by Gasteiger charge is 2.54. The molecule has 8 heteroatoms. The standard InChI is InChI=1S/C25H25ClFN3O3/c1-32-24(31)14-8-15-20-16(6-7-33-18(20)9-14)25(29,23(15)28)19-10-13-4-5-17(27)21(26)22(13)30(19)11-12-2-3-12/h4-5,8-10,12,16,23H,2-3,6-7,11,28-29H2,1H3/t16?,23?,25-/m1/s1. The second-order valence-corrected chi connectivity index (χ2v) is 9.83. The van der Waals surface area contributed by atoms with Gasteiger partial charge in [-0.2, -0.15) is 0 Å². The highest BCUT2D eigenvalue weighted by atomic mass is 35.5. The molecule has 6 rings (SSSR count). The summed E-state index contributed by atoms with van der Waals surface area (Å²) in [5.74, 6) is 0.127. The van der Waals surface area contributed by atoms with E-state index in [1.165, 1.54) is 13.2 Å². The van der Waals surface area contributed by atoms with Gasteiger partial charge in [-0.15, -0.1) is 0 Å². The van der Waals surface area contributed by atoms with Crippen LogP contribution in [0.4, 0.5) is 4.39 Å². The molecule has 3 atom stereocenters. The number of carbonyl (C=O) groups excluding carboxylic acids is 1. The van der Waals surface area contributed by atoms with Crippen LogP contribution in [0.15, 0.2) is 30.3 Å². The highest BCUT2D eigenvalue weighted by molar-refractivity contribution is 6.35. The third-order valence-corrected chi connectivity index (χ3v) is 7.93. The van der Waals surface area contributed by atoms with Crippen LogP contribution in [-0.2, 0) is 16.8 Å². The van der Waals surface area contributed by atoms with Gasteiger partial charge >= 0.3 is 5.97 Å². The number of nitrogens with two attached hydrogens (primary N) is 2. The van der Waals surface area contributed by atoms with Crippen molar-refractivity contribution in [3.63, 3.8) is 0 Å². The topological polar surface area (TPSA) is 92.5 Å². The summed E-state index contributed by atoms with van der Waals surface area (Å²) in [7, 11) is 1.34. The Bertz CT molecular complexity index is 1320. The maximum absolute atomic E-state index is 14.5. The third-order valence-electron chi connectivity index (χ3n) is 7.57. The third kappa shape index (κ3) is 2.89. The fraction of sp³-hybridized carbons (Fsp3) is 0.400. The second kappa shape index (κ2) is 7.19. The minimum atomic E-state index is -0.969. The van der Waals surface area contributed by atoms with E-state index >= 15 is 0 Å². The first-order valence-corrected chi connectivity index (χ1v) is 11.6. The zero-order valence-corrected chi connectivity index (χ0v) is 19.0. The maximum Gasteiger partial charge on any atom is 0.337 e. The van der Waals surface area contributed by atoms with Crippen LogP contribution in [0.25, 0.3) is 10.9 Å². The molecule has 3 aromatic rings. The van der Waals surface area contributed by atoms with E-state index in [9.17, 15) is 9.18 Å². The van der Waals surface area contributed by atoms with E-state index in [2.05, 4.69) is 4.57 Å². The van der Waals surface area contributed by atoms with Gasteiger partial charge in [0, 0.05) is 29.1 Å². The molecule has 0 spiro atoms. The Hall–Kier alpha value is -2.61. The first-order valence-electron chi connectivity index (χ1n) is 11.3. The number of halogens is 2. The van der Waals surface area contributed by atoms with E-state index in [4.69, 9.17) is 32.5 Å². The average Bonchev–Trinajstić information content (AvgIpc) is 3.52. The number of benzene rings is 2. The molecular weight excluding hydrogens is 445 g/mol. The van der Waals surface area contributed by atoms with Gasteiger partial charge in [0.1, 0.15) is 16.6 Å². The van der Waals surface area contributed by atoms with Crippen LogP contribution in [0.1, 0.15) is 58.4 Å². The lowest BCUT2D eigenvalue weighted by molar-refractivity contribution is 0.0600. The van der Waals surface area contributed by atoms with Crippen LogP contribution in [0, 0.1) is 11.7 Å². The van der Waals surface area contributed by atoms with E-state index in [0.29, 0.717) is 42.3 Å². The Kier molecular flexibility index (Phi) is 4.57. The predicted molar refractivity (Wildman–Crippen MR) is 123 cm³/mol. The number of ether oxygens (including phenoxy) is 2. The van der Waals surface area contributed by atoms with Crippen molar-refractivity contribution in [1.82, 2.24) is 4.57 Å². The van der Waals surface area contributed by atoms with Gasteiger partial charge in [0.2, 0.25) is 0 Å². The summed E-state index contributed by atoms with van der Waals surface area (Å²) in [6.07, 6.45) is 2.94. The van der Waals surface area contributed by atoms with Crippen LogP contribution >= 0.6 is 11.6 Å². The molecule has 2 aromatic carbocycles. The molecular formula is C25H25ClFN3O3. The molecule has 2 heterocycles. The zero-order chi connectivity index (χ0) is 23.1. The SMILES string of the molecule is COC(=O)c1cc2c3c(c1)C(N)[C@](N)(c1cc4ccc(F)c(Cl)c4n1CC1CC1)C3CCO2.